The lowest BCUT2D eigenvalue weighted by Gasteiger charge is -2.23. The van der Waals surface area contributed by atoms with Crippen LogP contribution in [-0.4, -0.2) is 33.5 Å². The zero-order valence-electron chi connectivity index (χ0n) is 9.76. The number of hydrogen-bond acceptors (Lipinski definition) is 6. The predicted molar refractivity (Wildman–Crippen MR) is 69.4 cm³/mol. The fraction of sp³-hybridized carbons (Fsp3) is 0.545. The minimum Gasteiger partial charge on any atom is -0.352 e. The molecule has 2 N–H and O–H groups in total. The van der Waals surface area contributed by atoms with Gasteiger partial charge in [-0.15, -0.1) is 0 Å². The highest BCUT2D eigenvalue weighted by Gasteiger charge is 2.31. The van der Waals surface area contributed by atoms with Crippen LogP contribution in [0.5, 0.6) is 0 Å². The third-order valence-corrected chi connectivity index (χ3v) is 3.90. The van der Waals surface area contributed by atoms with Crippen molar-refractivity contribution in [3.05, 3.63) is 12.0 Å². The van der Waals surface area contributed by atoms with E-state index < -0.39 is 0 Å². The molecule has 0 radical (unpaired) electrons. The van der Waals surface area contributed by atoms with Crippen LogP contribution in [0, 0.1) is 6.92 Å². The Hall–Kier alpha value is -1.27. The molecule has 0 aliphatic heterocycles. The summed E-state index contributed by atoms with van der Waals surface area (Å²) in [6.07, 6.45) is 4.10. The molecule has 3 rings (SSSR count). The van der Waals surface area contributed by atoms with Gasteiger partial charge >= 0.3 is 0 Å². The highest BCUT2D eigenvalue weighted by molar-refractivity contribution is 7.13. The number of aromatic nitrogens is 3. The highest BCUT2D eigenvalue weighted by Crippen LogP contribution is 2.35. The molecule has 0 saturated heterocycles. The van der Waals surface area contributed by atoms with Crippen LogP contribution < -0.4 is 10.6 Å². The van der Waals surface area contributed by atoms with Crippen molar-refractivity contribution in [2.75, 3.05) is 18.0 Å². The van der Waals surface area contributed by atoms with E-state index >= 15 is 0 Å². The second-order valence-corrected chi connectivity index (χ2v) is 5.11. The lowest BCUT2D eigenvalue weighted by atomic mass is 10.3. The zero-order valence-corrected chi connectivity index (χ0v) is 10.6. The Morgan fingerprint density at radius 1 is 1.47 bits per heavy atom. The molecule has 90 valence electrons. The van der Waals surface area contributed by atoms with Crippen molar-refractivity contribution >= 4 is 27.6 Å². The van der Waals surface area contributed by atoms with E-state index in [-0.39, 0.29) is 0 Å². The first kappa shape index (κ1) is 10.9. The largest absolute Gasteiger partial charge is 0.352 e. The number of hydrogen-bond donors (Lipinski definition) is 1. The molecule has 17 heavy (non-hydrogen) atoms. The Bertz CT molecular complexity index is 534. The standard InChI is InChI=1S/C11H15N5S/c1-7-9-10(13-6-14-11(9)17-15-7)16(5-4-12)8-2-3-8/h6,8H,2-5,12H2,1H3. The van der Waals surface area contributed by atoms with Gasteiger partial charge < -0.3 is 10.6 Å². The molecule has 1 aliphatic rings. The van der Waals surface area contributed by atoms with E-state index in [1.165, 1.54) is 24.4 Å². The van der Waals surface area contributed by atoms with Crippen LogP contribution in [0.3, 0.4) is 0 Å². The van der Waals surface area contributed by atoms with Gasteiger partial charge in [0.25, 0.3) is 0 Å². The van der Waals surface area contributed by atoms with Crippen LogP contribution in [0.1, 0.15) is 18.5 Å². The number of nitrogens with zero attached hydrogens (tertiary/aromatic N) is 4. The van der Waals surface area contributed by atoms with Crippen LogP contribution in [-0.2, 0) is 0 Å². The van der Waals surface area contributed by atoms with Crippen LogP contribution in [0.4, 0.5) is 5.82 Å². The maximum absolute atomic E-state index is 5.69. The molecule has 5 nitrogen and oxygen atoms in total. The number of aryl methyl sites for hydroxylation is 1. The highest BCUT2D eigenvalue weighted by atomic mass is 32.1. The van der Waals surface area contributed by atoms with Crippen molar-refractivity contribution in [3.63, 3.8) is 0 Å². The number of anilines is 1. The average molecular weight is 249 g/mol. The molecular formula is C11H15N5S. The third-order valence-electron chi connectivity index (χ3n) is 3.05. The van der Waals surface area contributed by atoms with Gasteiger partial charge in [0.15, 0.2) is 0 Å². The molecule has 0 aromatic carbocycles. The third kappa shape index (κ3) is 1.87. The maximum Gasteiger partial charge on any atom is 0.149 e. The maximum atomic E-state index is 5.69. The summed E-state index contributed by atoms with van der Waals surface area (Å²) in [7, 11) is 0. The van der Waals surface area contributed by atoms with Gasteiger partial charge in [-0.3, -0.25) is 0 Å². The van der Waals surface area contributed by atoms with Crippen LogP contribution in [0.15, 0.2) is 6.33 Å². The molecule has 2 aromatic rings. The van der Waals surface area contributed by atoms with Crippen molar-refractivity contribution in [3.8, 4) is 0 Å². The molecule has 0 atom stereocenters. The van der Waals surface area contributed by atoms with Gasteiger partial charge in [-0.25, -0.2) is 9.97 Å². The summed E-state index contributed by atoms with van der Waals surface area (Å²) in [5.74, 6) is 1.01. The summed E-state index contributed by atoms with van der Waals surface area (Å²) in [6, 6.07) is 0.607. The summed E-state index contributed by atoms with van der Waals surface area (Å²) in [6.45, 7) is 3.52. The fourth-order valence-corrected chi connectivity index (χ4v) is 2.85. The molecule has 2 aromatic heterocycles. The van der Waals surface area contributed by atoms with E-state index in [9.17, 15) is 0 Å². The summed E-state index contributed by atoms with van der Waals surface area (Å²) in [5, 5.41) is 1.10. The van der Waals surface area contributed by atoms with Gasteiger partial charge in [0.05, 0.1) is 11.1 Å². The van der Waals surface area contributed by atoms with Gasteiger partial charge in [0.2, 0.25) is 0 Å². The summed E-state index contributed by atoms with van der Waals surface area (Å²) in [4.78, 5) is 12.0. The monoisotopic (exact) mass is 249 g/mol. The van der Waals surface area contributed by atoms with Crippen molar-refractivity contribution in [1.29, 1.82) is 0 Å². The van der Waals surface area contributed by atoms with Crippen LogP contribution in [0.2, 0.25) is 0 Å². The van der Waals surface area contributed by atoms with Gasteiger partial charge in [-0.2, -0.15) is 4.37 Å². The van der Waals surface area contributed by atoms with Gasteiger partial charge in [0.1, 0.15) is 17.0 Å². The second-order valence-electron chi connectivity index (χ2n) is 4.36. The Labute approximate surface area is 104 Å². The predicted octanol–water partition coefficient (Wildman–Crippen LogP) is 1.32. The number of nitrogens with two attached hydrogens (primary N) is 1. The molecule has 1 saturated carbocycles. The molecule has 0 spiro atoms. The molecule has 6 heteroatoms. The molecule has 1 fully saturated rings. The lowest BCUT2D eigenvalue weighted by Crippen LogP contribution is -2.32. The Balaban J connectivity index is 2.10. The van der Waals surface area contributed by atoms with Gasteiger partial charge in [0, 0.05) is 19.1 Å². The van der Waals surface area contributed by atoms with E-state index in [0.717, 1.165) is 28.3 Å². The van der Waals surface area contributed by atoms with Crippen molar-refractivity contribution in [2.45, 2.75) is 25.8 Å². The van der Waals surface area contributed by atoms with E-state index in [4.69, 9.17) is 5.73 Å². The summed E-state index contributed by atoms with van der Waals surface area (Å²) in [5.41, 5.74) is 6.71. The minimum absolute atomic E-state index is 0.607. The first-order chi connectivity index (χ1) is 8.31. The number of fused-ring (bicyclic) bond motifs is 1. The van der Waals surface area contributed by atoms with Crippen molar-refractivity contribution in [2.24, 2.45) is 5.73 Å². The molecule has 1 aliphatic carbocycles. The fourth-order valence-electron chi connectivity index (χ4n) is 2.11. The molecular weight excluding hydrogens is 234 g/mol. The average Bonchev–Trinajstić information content (AvgIpc) is 3.11. The lowest BCUT2D eigenvalue weighted by molar-refractivity contribution is 0.773. The minimum atomic E-state index is 0.607. The molecule has 0 unspecified atom stereocenters. The zero-order chi connectivity index (χ0) is 11.8. The molecule has 0 bridgehead atoms. The summed E-state index contributed by atoms with van der Waals surface area (Å²) >= 11 is 1.44. The van der Waals surface area contributed by atoms with Crippen molar-refractivity contribution < 1.29 is 0 Å². The first-order valence-electron chi connectivity index (χ1n) is 5.85. The van der Waals surface area contributed by atoms with E-state index in [0.29, 0.717) is 12.6 Å². The first-order valence-corrected chi connectivity index (χ1v) is 6.62. The van der Waals surface area contributed by atoms with Crippen LogP contribution in [0.25, 0.3) is 10.2 Å². The normalized spacial score (nSPS) is 15.4. The SMILES string of the molecule is Cc1nsc2ncnc(N(CCN)C3CC3)c12. The van der Waals surface area contributed by atoms with Gasteiger partial charge in [-0.1, -0.05) is 0 Å². The summed E-state index contributed by atoms with van der Waals surface area (Å²) < 4.78 is 4.36. The second kappa shape index (κ2) is 4.19. The van der Waals surface area contributed by atoms with E-state index in [1.54, 1.807) is 6.33 Å². The van der Waals surface area contributed by atoms with E-state index in [2.05, 4.69) is 19.2 Å². The van der Waals surface area contributed by atoms with E-state index in [1.807, 2.05) is 6.92 Å². The quantitative estimate of drug-likeness (QED) is 0.885. The topological polar surface area (TPSA) is 67.9 Å². The number of rotatable bonds is 4. The molecule has 0 amide bonds. The van der Waals surface area contributed by atoms with Crippen molar-refractivity contribution in [1.82, 2.24) is 14.3 Å². The Kier molecular flexibility index (Phi) is 2.68. The Morgan fingerprint density at radius 2 is 2.29 bits per heavy atom. The Morgan fingerprint density at radius 3 is 3.00 bits per heavy atom. The van der Waals surface area contributed by atoms with Crippen LogP contribution >= 0.6 is 11.5 Å². The van der Waals surface area contributed by atoms with Gasteiger partial charge in [-0.05, 0) is 31.3 Å². The smallest absolute Gasteiger partial charge is 0.149 e. The molecule has 2 heterocycles.